The molecule has 2 aliphatic rings. The summed E-state index contributed by atoms with van der Waals surface area (Å²) in [5, 5.41) is 3.28. The maximum Gasteiger partial charge on any atom is 0.257 e. The summed E-state index contributed by atoms with van der Waals surface area (Å²) < 4.78 is 5.26. The molecule has 2 fully saturated rings. The number of rotatable bonds is 3. The average molecular weight is 331 g/mol. The molecule has 2 aromatic rings. The third-order valence-corrected chi connectivity index (χ3v) is 5.81. The van der Waals surface area contributed by atoms with Crippen molar-refractivity contribution in [2.24, 2.45) is 11.8 Å². The van der Waals surface area contributed by atoms with Crippen molar-refractivity contribution >= 4 is 17.2 Å². The fourth-order valence-electron chi connectivity index (χ4n) is 3.87. The van der Waals surface area contributed by atoms with Crippen molar-refractivity contribution in [1.82, 2.24) is 14.8 Å². The molecule has 0 bridgehead atoms. The lowest BCUT2D eigenvalue weighted by Crippen LogP contribution is -2.33. The van der Waals surface area contributed by atoms with Crippen LogP contribution in [0.25, 0.3) is 0 Å². The summed E-state index contributed by atoms with van der Waals surface area (Å²) in [5.41, 5.74) is 1.88. The topological polar surface area (TPSA) is 49.6 Å². The fraction of sp³-hybridized carbons (Fsp3) is 0.529. The van der Waals surface area contributed by atoms with Crippen molar-refractivity contribution in [3.8, 4) is 0 Å². The molecule has 0 unspecified atom stereocenters. The van der Waals surface area contributed by atoms with E-state index in [0.29, 0.717) is 23.2 Å². The molecule has 0 saturated carbocycles. The Bertz CT molecular complexity index is 709. The van der Waals surface area contributed by atoms with Crippen LogP contribution in [0.4, 0.5) is 0 Å². The van der Waals surface area contributed by atoms with Crippen molar-refractivity contribution in [2.45, 2.75) is 20.4 Å². The van der Waals surface area contributed by atoms with Gasteiger partial charge in [0, 0.05) is 38.1 Å². The van der Waals surface area contributed by atoms with Crippen molar-refractivity contribution in [3.05, 3.63) is 39.7 Å². The Morgan fingerprint density at radius 3 is 2.61 bits per heavy atom. The monoisotopic (exact) mass is 331 g/mol. The van der Waals surface area contributed by atoms with Crippen LogP contribution in [0.5, 0.6) is 0 Å². The normalized spacial score (nSPS) is 24.3. The van der Waals surface area contributed by atoms with E-state index in [2.05, 4.69) is 15.3 Å². The standard InChI is InChI=1S/C17H21N3O2S/c1-11-16(3-4-22-11)17(21)20-7-13-5-19(6-14(13)8-20)9-15-10-23-12(2)18-15/h3-4,10,13-14H,5-9H2,1-2H3/t13-,14+. The van der Waals surface area contributed by atoms with E-state index in [1.807, 2.05) is 18.7 Å². The molecule has 2 aromatic heterocycles. The lowest BCUT2D eigenvalue weighted by Gasteiger charge is -2.21. The third-order valence-electron chi connectivity index (χ3n) is 4.99. The Kier molecular flexibility index (Phi) is 3.73. The van der Waals surface area contributed by atoms with Gasteiger partial charge >= 0.3 is 0 Å². The second-order valence-corrected chi connectivity index (χ2v) is 7.73. The Labute approximate surface area is 139 Å². The van der Waals surface area contributed by atoms with Gasteiger partial charge in [0.1, 0.15) is 5.76 Å². The van der Waals surface area contributed by atoms with Gasteiger partial charge in [-0.25, -0.2) is 4.98 Å². The Morgan fingerprint density at radius 1 is 1.30 bits per heavy atom. The van der Waals surface area contributed by atoms with E-state index in [1.54, 1.807) is 23.7 Å². The molecule has 2 atom stereocenters. The molecular formula is C17H21N3O2S. The first-order valence-corrected chi connectivity index (χ1v) is 8.95. The highest BCUT2D eigenvalue weighted by Gasteiger charge is 2.42. The average Bonchev–Trinajstić information content (AvgIpc) is 3.23. The second-order valence-electron chi connectivity index (χ2n) is 6.67. The highest BCUT2D eigenvalue weighted by Crippen LogP contribution is 2.33. The van der Waals surface area contributed by atoms with E-state index in [4.69, 9.17) is 4.42 Å². The van der Waals surface area contributed by atoms with Gasteiger partial charge in [0.25, 0.3) is 5.91 Å². The molecule has 0 spiro atoms. The highest BCUT2D eigenvalue weighted by atomic mass is 32.1. The minimum absolute atomic E-state index is 0.118. The number of fused-ring (bicyclic) bond motifs is 1. The van der Waals surface area contributed by atoms with Crippen LogP contribution < -0.4 is 0 Å². The summed E-state index contributed by atoms with van der Waals surface area (Å²) in [6, 6.07) is 1.78. The molecule has 1 amide bonds. The summed E-state index contributed by atoms with van der Waals surface area (Å²) >= 11 is 1.71. The number of aryl methyl sites for hydroxylation is 2. The number of aromatic nitrogens is 1. The van der Waals surface area contributed by atoms with E-state index >= 15 is 0 Å². The van der Waals surface area contributed by atoms with E-state index in [-0.39, 0.29) is 5.91 Å². The van der Waals surface area contributed by atoms with Crippen LogP contribution in [0.15, 0.2) is 22.1 Å². The Hall–Kier alpha value is -1.66. The minimum Gasteiger partial charge on any atom is -0.469 e. The van der Waals surface area contributed by atoms with Crippen molar-refractivity contribution in [1.29, 1.82) is 0 Å². The number of hydrogen-bond acceptors (Lipinski definition) is 5. The smallest absolute Gasteiger partial charge is 0.257 e. The molecule has 23 heavy (non-hydrogen) atoms. The minimum atomic E-state index is 0.118. The Morgan fingerprint density at radius 2 is 2.04 bits per heavy atom. The van der Waals surface area contributed by atoms with Crippen molar-refractivity contribution < 1.29 is 9.21 Å². The quantitative estimate of drug-likeness (QED) is 0.867. The van der Waals surface area contributed by atoms with Crippen LogP contribution in [0.3, 0.4) is 0 Å². The van der Waals surface area contributed by atoms with Gasteiger partial charge in [0.15, 0.2) is 0 Å². The van der Waals surface area contributed by atoms with Gasteiger partial charge in [0.2, 0.25) is 0 Å². The van der Waals surface area contributed by atoms with Crippen LogP contribution in [-0.4, -0.2) is 46.9 Å². The zero-order chi connectivity index (χ0) is 16.0. The van der Waals surface area contributed by atoms with E-state index < -0.39 is 0 Å². The maximum atomic E-state index is 12.6. The zero-order valence-electron chi connectivity index (χ0n) is 13.5. The predicted octanol–water partition coefficient (Wildman–Crippen LogP) is 2.56. The van der Waals surface area contributed by atoms with Crippen LogP contribution in [0.1, 0.15) is 26.8 Å². The van der Waals surface area contributed by atoms with E-state index in [1.165, 1.54) is 5.69 Å². The Balaban J connectivity index is 1.36. The second kappa shape index (κ2) is 5.76. The summed E-state index contributed by atoms with van der Waals surface area (Å²) in [5.74, 6) is 2.01. The number of carbonyl (C=O) groups is 1. The summed E-state index contributed by atoms with van der Waals surface area (Å²) in [6.07, 6.45) is 1.59. The third kappa shape index (κ3) is 2.81. The van der Waals surface area contributed by atoms with Gasteiger partial charge in [-0.05, 0) is 31.7 Å². The van der Waals surface area contributed by atoms with Crippen molar-refractivity contribution in [2.75, 3.05) is 26.2 Å². The van der Waals surface area contributed by atoms with Gasteiger partial charge in [0.05, 0.1) is 22.5 Å². The first-order chi connectivity index (χ1) is 11.1. The summed E-state index contributed by atoms with van der Waals surface area (Å²) in [6.45, 7) is 8.69. The molecule has 4 rings (SSSR count). The number of carbonyl (C=O) groups excluding carboxylic acids is 1. The number of amides is 1. The van der Waals surface area contributed by atoms with Crippen LogP contribution in [0, 0.1) is 25.7 Å². The number of nitrogens with zero attached hydrogens (tertiary/aromatic N) is 3. The van der Waals surface area contributed by atoms with Gasteiger partial charge in [-0.2, -0.15) is 0 Å². The molecule has 2 aliphatic heterocycles. The number of furan rings is 1. The van der Waals surface area contributed by atoms with Gasteiger partial charge < -0.3 is 9.32 Å². The van der Waals surface area contributed by atoms with Gasteiger partial charge in [-0.1, -0.05) is 0 Å². The number of hydrogen-bond donors (Lipinski definition) is 0. The first kappa shape index (κ1) is 14.9. The lowest BCUT2D eigenvalue weighted by molar-refractivity contribution is 0.0771. The summed E-state index contributed by atoms with van der Waals surface area (Å²) in [7, 11) is 0. The molecule has 0 radical (unpaired) electrons. The van der Waals surface area contributed by atoms with E-state index in [9.17, 15) is 4.79 Å². The number of thiazole rings is 1. The molecule has 4 heterocycles. The molecule has 0 N–H and O–H groups in total. The van der Waals surface area contributed by atoms with Gasteiger partial charge in [-0.15, -0.1) is 11.3 Å². The van der Waals surface area contributed by atoms with Crippen LogP contribution in [-0.2, 0) is 6.54 Å². The molecule has 6 heteroatoms. The van der Waals surface area contributed by atoms with Crippen molar-refractivity contribution in [3.63, 3.8) is 0 Å². The molecule has 0 aliphatic carbocycles. The lowest BCUT2D eigenvalue weighted by atomic mass is 10.0. The molecule has 2 saturated heterocycles. The largest absolute Gasteiger partial charge is 0.469 e. The van der Waals surface area contributed by atoms with E-state index in [0.717, 1.165) is 37.7 Å². The molecular weight excluding hydrogens is 310 g/mol. The summed E-state index contributed by atoms with van der Waals surface area (Å²) in [4.78, 5) is 21.6. The highest BCUT2D eigenvalue weighted by molar-refractivity contribution is 7.09. The fourth-order valence-corrected chi connectivity index (χ4v) is 4.48. The van der Waals surface area contributed by atoms with Crippen LogP contribution in [0.2, 0.25) is 0 Å². The molecule has 122 valence electrons. The maximum absolute atomic E-state index is 12.6. The van der Waals surface area contributed by atoms with Crippen LogP contribution >= 0.6 is 11.3 Å². The SMILES string of the molecule is Cc1nc(CN2C[C@@H]3CN(C(=O)c4ccoc4C)C[C@@H]3C2)cs1. The molecule has 0 aromatic carbocycles. The zero-order valence-corrected chi connectivity index (χ0v) is 14.3. The molecule has 5 nitrogen and oxygen atoms in total. The van der Waals surface area contributed by atoms with Gasteiger partial charge in [-0.3, -0.25) is 9.69 Å². The number of likely N-dealkylation sites (tertiary alicyclic amines) is 2. The first-order valence-electron chi connectivity index (χ1n) is 8.07. The predicted molar refractivity (Wildman–Crippen MR) is 88.5 cm³/mol.